The van der Waals surface area contributed by atoms with E-state index < -0.39 is 0 Å². The van der Waals surface area contributed by atoms with Crippen molar-refractivity contribution >= 4 is 21.6 Å². The highest BCUT2D eigenvalue weighted by Crippen LogP contribution is 2.25. The third-order valence-electron chi connectivity index (χ3n) is 1.68. The smallest absolute Gasteiger partial charge is 0.340 e. The van der Waals surface area contributed by atoms with Gasteiger partial charge >= 0.3 is 6.01 Å². The highest BCUT2D eigenvalue weighted by atomic mass is 79.9. The zero-order chi connectivity index (χ0) is 10.8. The van der Waals surface area contributed by atoms with Gasteiger partial charge in [-0.3, -0.25) is 0 Å². The Hall–Kier alpha value is -1.63. The molecule has 0 unspecified atom stereocenters. The fourth-order valence-corrected chi connectivity index (χ4v) is 1.55. The van der Waals surface area contributed by atoms with E-state index >= 15 is 0 Å². The standard InChI is InChI=1S/C8H8BrN5O/c1-14-8(11-12-13-14)15-7-3-5(9)2-6(10)4-7/h2-4H,10H2,1H3. The zero-order valence-electron chi connectivity index (χ0n) is 7.88. The molecule has 0 aliphatic rings. The summed E-state index contributed by atoms with van der Waals surface area (Å²) in [5.74, 6) is 0.583. The van der Waals surface area contributed by atoms with Crippen molar-refractivity contribution in [3.05, 3.63) is 22.7 Å². The first-order valence-corrected chi connectivity index (χ1v) is 4.91. The molecule has 7 heteroatoms. The van der Waals surface area contributed by atoms with Crippen LogP contribution >= 0.6 is 15.9 Å². The number of benzene rings is 1. The van der Waals surface area contributed by atoms with Crippen LogP contribution in [0.3, 0.4) is 0 Å². The van der Waals surface area contributed by atoms with Crippen molar-refractivity contribution in [1.82, 2.24) is 20.2 Å². The average molecular weight is 270 g/mol. The summed E-state index contributed by atoms with van der Waals surface area (Å²) in [6.07, 6.45) is 0. The second-order valence-electron chi connectivity index (χ2n) is 2.91. The maximum atomic E-state index is 5.66. The van der Waals surface area contributed by atoms with Crippen LogP contribution in [0.1, 0.15) is 0 Å². The van der Waals surface area contributed by atoms with Crippen molar-refractivity contribution in [1.29, 1.82) is 0 Å². The molecule has 0 bridgehead atoms. The van der Waals surface area contributed by atoms with Crippen LogP contribution in [-0.2, 0) is 7.05 Å². The molecular formula is C8H8BrN5O. The summed E-state index contributed by atoms with van der Waals surface area (Å²) in [6.45, 7) is 0. The average Bonchev–Trinajstić information content (AvgIpc) is 2.50. The van der Waals surface area contributed by atoms with Gasteiger partial charge in [0.2, 0.25) is 0 Å². The van der Waals surface area contributed by atoms with Gasteiger partial charge in [-0.1, -0.05) is 21.0 Å². The number of ether oxygens (including phenoxy) is 1. The van der Waals surface area contributed by atoms with Crippen molar-refractivity contribution in [2.45, 2.75) is 0 Å². The predicted molar refractivity (Wildman–Crippen MR) is 57.4 cm³/mol. The zero-order valence-corrected chi connectivity index (χ0v) is 9.47. The molecule has 0 spiro atoms. The molecule has 0 aliphatic carbocycles. The van der Waals surface area contributed by atoms with E-state index in [1.165, 1.54) is 4.68 Å². The lowest BCUT2D eigenvalue weighted by Gasteiger charge is -2.04. The van der Waals surface area contributed by atoms with Gasteiger partial charge in [-0.15, -0.1) is 0 Å². The van der Waals surface area contributed by atoms with E-state index in [9.17, 15) is 0 Å². The minimum Gasteiger partial charge on any atom is -0.423 e. The Labute approximate surface area is 94.2 Å². The topological polar surface area (TPSA) is 78.8 Å². The molecule has 0 atom stereocenters. The Bertz CT molecular complexity index is 463. The second-order valence-corrected chi connectivity index (χ2v) is 3.82. The van der Waals surface area contributed by atoms with Crippen LogP contribution in [0.2, 0.25) is 0 Å². The molecule has 0 aliphatic heterocycles. The normalized spacial score (nSPS) is 10.3. The van der Waals surface area contributed by atoms with Crippen LogP contribution in [0.15, 0.2) is 22.7 Å². The fraction of sp³-hybridized carbons (Fsp3) is 0.125. The van der Waals surface area contributed by atoms with Crippen LogP contribution in [0, 0.1) is 0 Å². The molecule has 0 fully saturated rings. The van der Waals surface area contributed by atoms with E-state index in [1.54, 1.807) is 25.2 Å². The van der Waals surface area contributed by atoms with Gasteiger partial charge in [0.15, 0.2) is 0 Å². The molecule has 0 radical (unpaired) electrons. The van der Waals surface area contributed by atoms with E-state index in [1.807, 2.05) is 0 Å². The van der Waals surface area contributed by atoms with Crippen molar-refractivity contribution in [3.8, 4) is 11.8 Å². The number of nitrogen functional groups attached to an aromatic ring is 1. The summed E-state index contributed by atoms with van der Waals surface area (Å²) < 4.78 is 7.70. The summed E-state index contributed by atoms with van der Waals surface area (Å²) in [6, 6.07) is 5.57. The van der Waals surface area contributed by atoms with E-state index in [4.69, 9.17) is 10.5 Å². The van der Waals surface area contributed by atoms with E-state index in [-0.39, 0.29) is 0 Å². The Morgan fingerprint density at radius 3 is 2.80 bits per heavy atom. The molecule has 0 saturated heterocycles. The van der Waals surface area contributed by atoms with E-state index in [2.05, 4.69) is 31.5 Å². The molecule has 0 amide bonds. The molecular weight excluding hydrogens is 262 g/mol. The molecule has 0 saturated carbocycles. The summed E-state index contributed by atoms with van der Waals surface area (Å²) in [4.78, 5) is 0. The summed E-state index contributed by atoms with van der Waals surface area (Å²) in [7, 11) is 1.69. The molecule has 2 aromatic rings. The quantitative estimate of drug-likeness (QED) is 0.833. The van der Waals surface area contributed by atoms with Crippen LogP contribution in [0.5, 0.6) is 11.8 Å². The van der Waals surface area contributed by atoms with Gasteiger partial charge in [-0.2, -0.15) is 4.68 Å². The molecule has 6 nitrogen and oxygen atoms in total. The maximum absolute atomic E-state index is 5.66. The lowest BCUT2D eigenvalue weighted by atomic mass is 10.3. The SMILES string of the molecule is Cn1nnnc1Oc1cc(N)cc(Br)c1. The fourth-order valence-electron chi connectivity index (χ4n) is 1.06. The van der Waals surface area contributed by atoms with E-state index in [0.29, 0.717) is 17.4 Å². The van der Waals surface area contributed by atoms with Gasteiger partial charge in [-0.05, 0) is 22.6 Å². The molecule has 1 aromatic heterocycles. The summed E-state index contributed by atoms with van der Waals surface area (Å²) in [5, 5.41) is 10.8. The van der Waals surface area contributed by atoms with Gasteiger partial charge in [0.05, 0.1) is 0 Å². The molecule has 2 rings (SSSR count). The second kappa shape index (κ2) is 3.85. The third kappa shape index (κ3) is 2.24. The van der Waals surface area contributed by atoms with Crippen LogP contribution in [0.4, 0.5) is 5.69 Å². The number of nitrogens with zero attached hydrogens (tertiary/aromatic N) is 4. The third-order valence-corrected chi connectivity index (χ3v) is 2.14. The van der Waals surface area contributed by atoms with Gasteiger partial charge in [0, 0.05) is 23.3 Å². The van der Waals surface area contributed by atoms with Crippen LogP contribution in [0.25, 0.3) is 0 Å². The maximum Gasteiger partial charge on any atom is 0.340 e. The largest absolute Gasteiger partial charge is 0.423 e. The number of anilines is 1. The van der Waals surface area contributed by atoms with Crippen molar-refractivity contribution in [3.63, 3.8) is 0 Å². The first kappa shape index (κ1) is 9.91. The van der Waals surface area contributed by atoms with Crippen molar-refractivity contribution in [2.24, 2.45) is 7.05 Å². The van der Waals surface area contributed by atoms with Gasteiger partial charge < -0.3 is 10.5 Å². The Kier molecular flexibility index (Phi) is 2.55. The minimum atomic E-state index is 0.313. The molecule has 1 aromatic carbocycles. The number of hydrogen-bond acceptors (Lipinski definition) is 5. The number of tetrazole rings is 1. The summed E-state index contributed by atoms with van der Waals surface area (Å²) in [5.41, 5.74) is 6.26. The van der Waals surface area contributed by atoms with E-state index in [0.717, 1.165) is 4.47 Å². The Balaban J connectivity index is 2.28. The first-order valence-electron chi connectivity index (χ1n) is 4.11. The highest BCUT2D eigenvalue weighted by molar-refractivity contribution is 9.10. The molecule has 1 heterocycles. The number of aryl methyl sites for hydroxylation is 1. The Morgan fingerprint density at radius 1 is 1.40 bits per heavy atom. The molecule has 15 heavy (non-hydrogen) atoms. The van der Waals surface area contributed by atoms with Gasteiger partial charge in [0.25, 0.3) is 0 Å². The highest BCUT2D eigenvalue weighted by Gasteiger charge is 2.05. The lowest BCUT2D eigenvalue weighted by Crippen LogP contribution is -1.96. The molecule has 78 valence electrons. The Morgan fingerprint density at radius 2 is 2.20 bits per heavy atom. The van der Waals surface area contributed by atoms with Crippen molar-refractivity contribution in [2.75, 3.05) is 5.73 Å². The number of nitrogens with two attached hydrogens (primary N) is 1. The van der Waals surface area contributed by atoms with Gasteiger partial charge in [0.1, 0.15) is 5.75 Å². The number of rotatable bonds is 2. The van der Waals surface area contributed by atoms with Gasteiger partial charge in [-0.25, -0.2) is 0 Å². The van der Waals surface area contributed by atoms with Crippen LogP contribution < -0.4 is 10.5 Å². The first-order chi connectivity index (χ1) is 7.15. The number of aromatic nitrogens is 4. The predicted octanol–water partition coefficient (Wildman–Crippen LogP) is 1.35. The molecule has 2 N–H and O–H groups in total. The summed E-state index contributed by atoms with van der Waals surface area (Å²) >= 11 is 3.32. The van der Waals surface area contributed by atoms with Crippen molar-refractivity contribution < 1.29 is 4.74 Å². The minimum absolute atomic E-state index is 0.313. The monoisotopic (exact) mass is 269 g/mol. The number of hydrogen-bond donors (Lipinski definition) is 1. The van der Waals surface area contributed by atoms with Crippen LogP contribution in [-0.4, -0.2) is 20.2 Å². The lowest BCUT2D eigenvalue weighted by molar-refractivity contribution is 0.415. The number of halogens is 1.